The number of hydrogen-bond donors (Lipinski definition) is 1. The lowest BCUT2D eigenvalue weighted by atomic mass is 10.2. The molecule has 0 heterocycles. The van der Waals surface area contributed by atoms with E-state index < -0.39 is 34.8 Å². The molecule has 0 fully saturated rings. The van der Waals surface area contributed by atoms with Gasteiger partial charge in [-0.15, -0.1) is 6.42 Å². The van der Waals surface area contributed by atoms with Gasteiger partial charge in [0.1, 0.15) is 12.3 Å². The summed E-state index contributed by atoms with van der Waals surface area (Å²) in [7, 11) is 1.37. The second kappa shape index (κ2) is 8.73. The minimum absolute atomic E-state index is 0.107. The SMILES string of the molecule is C#CCOc1c(C=NNc2c(F)c(F)c(F)c(F)c2F)cc(Br)cc1OC. The van der Waals surface area contributed by atoms with E-state index in [9.17, 15) is 22.0 Å². The highest BCUT2D eigenvalue weighted by molar-refractivity contribution is 9.10. The molecule has 1 N–H and O–H groups in total. The molecule has 0 bridgehead atoms. The summed E-state index contributed by atoms with van der Waals surface area (Å²) in [4.78, 5) is 0. The number of hydrazone groups is 1. The van der Waals surface area contributed by atoms with Crippen molar-refractivity contribution in [3.8, 4) is 23.8 Å². The fourth-order valence-electron chi connectivity index (χ4n) is 1.97. The van der Waals surface area contributed by atoms with Gasteiger partial charge in [0.2, 0.25) is 5.82 Å². The predicted octanol–water partition coefficient (Wildman–Crippen LogP) is 4.61. The van der Waals surface area contributed by atoms with Crippen LogP contribution in [0.3, 0.4) is 0 Å². The van der Waals surface area contributed by atoms with Gasteiger partial charge in [0, 0.05) is 10.0 Å². The molecule has 2 aromatic rings. The largest absolute Gasteiger partial charge is 0.493 e. The normalized spacial score (nSPS) is 10.7. The molecule has 10 heteroatoms. The van der Waals surface area contributed by atoms with Crippen molar-refractivity contribution in [1.82, 2.24) is 0 Å². The van der Waals surface area contributed by atoms with E-state index in [1.54, 1.807) is 11.5 Å². The summed E-state index contributed by atoms with van der Waals surface area (Å²) in [6.45, 7) is -0.107. The molecule has 4 nitrogen and oxygen atoms in total. The Labute approximate surface area is 159 Å². The van der Waals surface area contributed by atoms with Gasteiger partial charge in [-0.25, -0.2) is 22.0 Å². The lowest BCUT2D eigenvalue weighted by Crippen LogP contribution is -2.07. The Morgan fingerprint density at radius 2 is 1.70 bits per heavy atom. The Bertz CT molecular complexity index is 915. The molecule has 0 aliphatic heterocycles. The number of ether oxygens (including phenoxy) is 2. The average molecular weight is 449 g/mol. The van der Waals surface area contributed by atoms with Crippen molar-refractivity contribution in [3.05, 3.63) is 51.3 Å². The van der Waals surface area contributed by atoms with Crippen molar-refractivity contribution < 1.29 is 31.4 Å². The molecular formula is C17H10BrF5N2O2. The minimum Gasteiger partial charge on any atom is -0.493 e. The standard InChI is InChI=1S/C17H10BrF5N2O2/c1-3-4-27-17-8(5-9(18)6-10(17)26-2)7-24-25-16-14(22)12(20)11(19)13(21)15(16)23/h1,5-7,25H,4H2,2H3. The quantitative estimate of drug-likeness (QED) is 0.175. The highest BCUT2D eigenvalue weighted by Crippen LogP contribution is 2.34. The summed E-state index contributed by atoms with van der Waals surface area (Å²) in [6.07, 6.45) is 6.18. The van der Waals surface area contributed by atoms with Gasteiger partial charge < -0.3 is 9.47 Å². The van der Waals surface area contributed by atoms with E-state index in [0.29, 0.717) is 4.47 Å². The molecule has 0 aliphatic rings. The molecular weight excluding hydrogens is 439 g/mol. The summed E-state index contributed by atoms with van der Waals surface area (Å²) < 4.78 is 77.7. The zero-order valence-electron chi connectivity index (χ0n) is 13.5. The van der Waals surface area contributed by atoms with E-state index in [1.165, 1.54) is 13.2 Å². The maximum atomic E-state index is 13.6. The second-order valence-corrected chi connectivity index (χ2v) is 5.75. The van der Waals surface area contributed by atoms with Crippen LogP contribution in [-0.4, -0.2) is 19.9 Å². The third-order valence-corrected chi connectivity index (χ3v) is 3.62. The molecule has 0 radical (unpaired) electrons. The van der Waals surface area contributed by atoms with Gasteiger partial charge in [-0.1, -0.05) is 21.9 Å². The first kappa shape index (κ1) is 20.5. The molecule has 0 atom stereocenters. The highest BCUT2D eigenvalue weighted by Gasteiger charge is 2.25. The molecule has 142 valence electrons. The van der Waals surface area contributed by atoms with Crippen LogP contribution in [0.5, 0.6) is 11.5 Å². The Morgan fingerprint density at radius 3 is 2.26 bits per heavy atom. The van der Waals surface area contributed by atoms with Crippen LogP contribution in [0.25, 0.3) is 0 Å². The number of rotatable bonds is 6. The molecule has 2 rings (SSSR count). The van der Waals surface area contributed by atoms with Crippen molar-refractivity contribution in [2.24, 2.45) is 5.10 Å². The summed E-state index contributed by atoms with van der Waals surface area (Å²) in [5, 5.41) is 3.51. The fraction of sp³-hybridized carbons (Fsp3) is 0.118. The van der Waals surface area contributed by atoms with Crippen LogP contribution in [0.2, 0.25) is 0 Å². The number of nitrogens with zero attached hydrogens (tertiary/aromatic N) is 1. The van der Waals surface area contributed by atoms with Gasteiger partial charge >= 0.3 is 0 Å². The third-order valence-electron chi connectivity index (χ3n) is 3.16. The Balaban J connectivity index is 2.40. The lowest BCUT2D eigenvalue weighted by molar-refractivity contribution is 0.330. The third kappa shape index (κ3) is 4.31. The van der Waals surface area contributed by atoms with Crippen LogP contribution in [0, 0.1) is 41.4 Å². The number of anilines is 1. The Morgan fingerprint density at radius 1 is 1.11 bits per heavy atom. The van der Waals surface area contributed by atoms with E-state index >= 15 is 0 Å². The van der Waals surface area contributed by atoms with Gasteiger partial charge in [-0.2, -0.15) is 5.10 Å². The molecule has 0 saturated carbocycles. The minimum atomic E-state index is -2.26. The van der Waals surface area contributed by atoms with Crippen molar-refractivity contribution in [1.29, 1.82) is 0 Å². The molecule has 0 amide bonds. The number of hydrogen-bond acceptors (Lipinski definition) is 4. The summed E-state index contributed by atoms with van der Waals surface area (Å²) in [6, 6.07) is 3.08. The lowest BCUT2D eigenvalue weighted by Gasteiger charge is -2.12. The van der Waals surface area contributed by atoms with Crippen molar-refractivity contribution in [3.63, 3.8) is 0 Å². The van der Waals surface area contributed by atoms with E-state index in [2.05, 4.69) is 27.0 Å². The first-order valence-electron chi connectivity index (χ1n) is 7.06. The molecule has 27 heavy (non-hydrogen) atoms. The molecule has 0 aromatic heterocycles. The Kier molecular flexibility index (Phi) is 6.63. The van der Waals surface area contributed by atoms with E-state index in [1.807, 2.05) is 0 Å². The number of terminal acetylenes is 1. The molecule has 0 unspecified atom stereocenters. The maximum absolute atomic E-state index is 13.6. The van der Waals surface area contributed by atoms with Crippen LogP contribution >= 0.6 is 15.9 Å². The maximum Gasteiger partial charge on any atom is 0.200 e. The molecule has 0 spiro atoms. The van der Waals surface area contributed by atoms with Gasteiger partial charge in [-0.05, 0) is 12.1 Å². The van der Waals surface area contributed by atoms with Crippen molar-refractivity contribution in [2.45, 2.75) is 0 Å². The second-order valence-electron chi connectivity index (χ2n) is 4.83. The first-order chi connectivity index (χ1) is 12.8. The van der Waals surface area contributed by atoms with E-state index in [4.69, 9.17) is 15.9 Å². The summed E-state index contributed by atoms with van der Waals surface area (Å²) >= 11 is 3.22. The monoisotopic (exact) mass is 448 g/mol. The average Bonchev–Trinajstić information content (AvgIpc) is 2.66. The van der Waals surface area contributed by atoms with Gasteiger partial charge in [0.05, 0.1) is 13.3 Å². The molecule has 0 aliphatic carbocycles. The van der Waals surface area contributed by atoms with Crippen LogP contribution in [0.15, 0.2) is 21.7 Å². The van der Waals surface area contributed by atoms with Crippen molar-refractivity contribution in [2.75, 3.05) is 19.1 Å². The van der Waals surface area contributed by atoms with Crippen LogP contribution in [0.4, 0.5) is 27.6 Å². The molecule has 2 aromatic carbocycles. The zero-order chi connectivity index (χ0) is 20.1. The van der Waals surface area contributed by atoms with Gasteiger partial charge in [0.15, 0.2) is 34.8 Å². The summed E-state index contributed by atoms with van der Waals surface area (Å²) in [5.41, 5.74) is 0.761. The van der Waals surface area contributed by atoms with E-state index in [-0.39, 0.29) is 23.7 Å². The topological polar surface area (TPSA) is 42.8 Å². The first-order valence-corrected chi connectivity index (χ1v) is 7.85. The smallest absolute Gasteiger partial charge is 0.200 e. The molecule has 0 saturated heterocycles. The van der Waals surface area contributed by atoms with Gasteiger partial charge in [-0.3, -0.25) is 5.43 Å². The number of nitrogens with one attached hydrogen (secondary N) is 1. The van der Waals surface area contributed by atoms with Gasteiger partial charge in [0.25, 0.3) is 0 Å². The van der Waals surface area contributed by atoms with Crippen LogP contribution < -0.4 is 14.9 Å². The number of benzene rings is 2. The predicted molar refractivity (Wildman–Crippen MR) is 92.5 cm³/mol. The Hall–Kier alpha value is -2.80. The van der Waals surface area contributed by atoms with E-state index in [0.717, 1.165) is 6.21 Å². The number of methoxy groups -OCH3 is 1. The van der Waals surface area contributed by atoms with Crippen LogP contribution in [0.1, 0.15) is 5.56 Å². The van der Waals surface area contributed by atoms with Crippen LogP contribution in [-0.2, 0) is 0 Å². The highest BCUT2D eigenvalue weighted by atomic mass is 79.9. The zero-order valence-corrected chi connectivity index (χ0v) is 15.1. The summed E-state index contributed by atoms with van der Waals surface area (Å²) in [5.74, 6) is -7.83. The fourth-order valence-corrected chi connectivity index (χ4v) is 2.43. The number of halogens is 6. The van der Waals surface area contributed by atoms with Crippen molar-refractivity contribution >= 4 is 27.8 Å².